The van der Waals surface area contributed by atoms with Gasteiger partial charge in [0.25, 0.3) is 0 Å². The summed E-state index contributed by atoms with van der Waals surface area (Å²) in [4.78, 5) is 0. The van der Waals surface area contributed by atoms with Crippen molar-refractivity contribution in [3.8, 4) is 0 Å². The SMILES string of the molecule is CCNC(c1csc(Br)c1)c1cc(C)c(Cl)cc1C. The van der Waals surface area contributed by atoms with E-state index in [1.165, 1.54) is 16.7 Å². The van der Waals surface area contributed by atoms with E-state index in [1.807, 2.05) is 0 Å². The second-order valence-electron chi connectivity index (χ2n) is 4.63. The summed E-state index contributed by atoms with van der Waals surface area (Å²) in [6, 6.07) is 6.65. The molecule has 1 unspecified atom stereocenters. The average Bonchev–Trinajstić information content (AvgIpc) is 2.78. The fourth-order valence-electron chi connectivity index (χ4n) is 2.20. The van der Waals surface area contributed by atoms with E-state index in [4.69, 9.17) is 11.6 Å². The van der Waals surface area contributed by atoms with Crippen molar-refractivity contribution in [3.05, 3.63) is 54.6 Å². The molecular weight excluding hydrogens is 342 g/mol. The van der Waals surface area contributed by atoms with Crippen LogP contribution in [-0.4, -0.2) is 6.54 Å². The first-order valence-electron chi connectivity index (χ1n) is 6.27. The third-order valence-corrected chi connectivity index (χ3v) is 5.12. The second-order valence-corrected chi connectivity index (χ2v) is 7.33. The van der Waals surface area contributed by atoms with Crippen molar-refractivity contribution in [2.24, 2.45) is 0 Å². The number of thiophene rings is 1. The molecule has 0 saturated carbocycles. The van der Waals surface area contributed by atoms with Gasteiger partial charge in [0.05, 0.1) is 9.83 Å². The van der Waals surface area contributed by atoms with Gasteiger partial charge in [0.15, 0.2) is 0 Å². The Balaban J connectivity index is 2.47. The van der Waals surface area contributed by atoms with Gasteiger partial charge < -0.3 is 5.32 Å². The van der Waals surface area contributed by atoms with Crippen LogP contribution in [0.15, 0.2) is 27.4 Å². The molecule has 1 aromatic heterocycles. The Bertz CT molecular complexity index is 580. The molecule has 0 amide bonds. The van der Waals surface area contributed by atoms with E-state index >= 15 is 0 Å². The van der Waals surface area contributed by atoms with Crippen LogP contribution >= 0.6 is 38.9 Å². The summed E-state index contributed by atoms with van der Waals surface area (Å²) >= 11 is 11.4. The molecule has 0 saturated heterocycles. The minimum atomic E-state index is 0.225. The highest BCUT2D eigenvalue weighted by Crippen LogP contribution is 2.32. The third-order valence-electron chi connectivity index (χ3n) is 3.19. The molecule has 1 heterocycles. The largest absolute Gasteiger partial charge is 0.306 e. The summed E-state index contributed by atoms with van der Waals surface area (Å²) in [6.07, 6.45) is 0. The number of hydrogen-bond donors (Lipinski definition) is 1. The molecule has 1 atom stereocenters. The predicted molar refractivity (Wildman–Crippen MR) is 88.5 cm³/mol. The molecule has 0 aliphatic heterocycles. The van der Waals surface area contributed by atoms with E-state index in [-0.39, 0.29) is 6.04 Å². The second kappa shape index (κ2) is 6.40. The average molecular weight is 359 g/mol. The Morgan fingerprint density at radius 2 is 2.00 bits per heavy atom. The molecule has 2 rings (SSSR count). The predicted octanol–water partition coefficient (Wildman–Crippen LogP) is 5.48. The van der Waals surface area contributed by atoms with E-state index in [1.54, 1.807) is 11.3 Å². The summed E-state index contributed by atoms with van der Waals surface area (Å²) in [5, 5.41) is 6.59. The van der Waals surface area contributed by atoms with E-state index in [0.717, 1.165) is 20.9 Å². The van der Waals surface area contributed by atoms with Crippen LogP contribution < -0.4 is 5.32 Å². The van der Waals surface area contributed by atoms with Crippen molar-refractivity contribution in [1.29, 1.82) is 0 Å². The summed E-state index contributed by atoms with van der Waals surface area (Å²) in [7, 11) is 0. The minimum Gasteiger partial charge on any atom is -0.306 e. The van der Waals surface area contributed by atoms with Crippen LogP contribution in [0, 0.1) is 13.8 Å². The van der Waals surface area contributed by atoms with Crippen molar-refractivity contribution in [2.45, 2.75) is 26.8 Å². The molecule has 0 fully saturated rings. The Morgan fingerprint density at radius 3 is 2.58 bits per heavy atom. The fourth-order valence-corrected chi connectivity index (χ4v) is 3.62. The van der Waals surface area contributed by atoms with Gasteiger partial charge in [0.1, 0.15) is 0 Å². The van der Waals surface area contributed by atoms with E-state index in [2.05, 4.69) is 65.6 Å². The lowest BCUT2D eigenvalue weighted by Gasteiger charge is -2.20. The first-order chi connectivity index (χ1) is 9.02. The molecule has 1 aromatic carbocycles. The minimum absolute atomic E-state index is 0.225. The summed E-state index contributed by atoms with van der Waals surface area (Å²) in [5.41, 5.74) is 4.95. The van der Waals surface area contributed by atoms with Crippen LogP contribution in [0.3, 0.4) is 0 Å². The Hall–Kier alpha value is -0.350. The molecule has 2 aromatic rings. The lowest BCUT2D eigenvalue weighted by Crippen LogP contribution is -2.22. The van der Waals surface area contributed by atoms with Crippen LogP contribution in [0.2, 0.25) is 5.02 Å². The standard InChI is InChI=1S/C15H17BrClNS/c1-4-18-15(11-7-14(16)19-8-11)12-5-10(3)13(17)6-9(12)2/h5-8,15,18H,4H2,1-3H3. The highest BCUT2D eigenvalue weighted by atomic mass is 79.9. The fraction of sp³-hybridized carbons (Fsp3) is 0.333. The smallest absolute Gasteiger partial charge is 0.0701 e. The topological polar surface area (TPSA) is 12.0 Å². The highest BCUT2D eigenvalue weighted by molar-refractivity contribution is 9.11. The maximum atomic E-state index is 6.19. The van der Waals surface area contributed by atoms with Crippen LogP contribution in [0.1, 0.15) is 35.2 Å². The quantitative estimate of drug-likeness (QED) is 0.763. The van der Waals surface area contributed by atoms with Gasteiger partial charge in [-0.2, -0.15) is 0 Å². The molecule has 1 nitrogen and oxygen atoms in total. The van der Waals surface area contributed by atoms with Gasteiger partial charge in [-0.15, -0.1) is 11.3 Å². The van der Waals surface area contributed by atoms with Gasteiger partial charge in [0.2, 0.25) is 0 Å². The van der Waals surface area contributed by atoms with Crippen molar-refractivity contribution in [3.63, 3.8) is 0 Å². The molecule has 0 aliphatic rings. The highest BCUT2D eigenvalue weighted by Gasteiger charge is 2.17. The zero-order chi connectivity index (χ0) is 14.0. The molecule has 102 valence electrons. The van der Waals surface area contributed by atoms with E-state index in [9.17, 15) is 0 Å². The van der Waals surface area contributed by atoms with Gasteiger partial charge in [0, 0.05) is 5.02 Å². The van der Waals surface area contributed by atoms with Crippen LogP contribution in [0.25, 0.3) is 0 Å². The van der Waals surface area contributed by atoms with E-state index in [0.29, 0.717) is 0 Å². The molecule has 0 bridgehead atoms. The van der Waals surface area contributed by atoms with Crippen molar-refractivity contribution >= 4 is 38.9 Å². The number of benzene rings is 1. The van der Waals surface area contributed by atoms with Crippen LogP contribution in [0.4, 0.5) is 0 Å². The van der Waals surface area contributed by atoms with Crippen LogP contribution in [-0.2, 0) is 0 Å². The van der Waals surface area contributed by atoms with Gasteiger partial charge in [-0.05, 0) is 76.1 Å². The number of aryl methyl sites for hydroxylation is 2. The number of hydrogen-bond acceptors (Lipinski definition) is 2. The molecule has 0 spiro atoms. The number of nitrogens with one attached hydrogen (secondary N) is 1. The molecule has 4 heteroatoms. The normalized spacial score (nSPS) is 12.7. The van der Waals surface area contributed by atoms with Crippen molar-refractivity contribution < 1.29 is 0 Å². The van der Waals surface area contributed by atoms with Gasteiger partial charge in [-0.3, -0.25) is 0 Å². The summed E-state index contributed by atoms with van der Waals surface area (Å²) < 4.78 is 1.16. The number of rotatable bonds is 4. The zero-order valence-electron chi connectivity index (χ0n) is 11.3. The monoisotopic (exact) mass is 357 g/mol. The first-order valence-corrected chi connectivity index (χ1v) is 8.32. The third kappa shape index (κ3) is 3.40. The summed E-state index contributed by atoms with van der Waals surface area (Å²) in [6.45, 7) is 7.23. The summed E-state index contributed by atoms with van der Waals surface area (Å²) in [5.74, 6) is 0. The lowest BCUT2D eigenvalue weighted by molar-refractivity contribution is 0.629. The maximum absolute atomic E-state index is 6.19. The van der Waals surface area contributed by atoms with Gasteiger partial charge in [-0.25, -0.2) is 0 Å². The Morgan fingerprint density at radius 1 is 1.26 bits per heavy atom. The Kier molecular flexibility index (Phi) is 5.07. The first kappa shape index (κ1) is 15.0. The van der Waals surface area contributed by atoms with Crippen molar-refractivity contribution in [2.75, 3.05) is 6.54 Å². The van der Waals surface area contributed by atoms with Gasteiger partial charge >= 0.3 is 0 Å². The van der Waals surface area contributed by atoms with Crippen LogP contribution in [0.5, 0.6) is 0 Å². The van der Waals surface area contributed by atoms with E-state index < -0.39 is 0 Å². The number of halogens is 2. The molecule has 0 radical (unpaired) electrons. The van der Waals surface area contributed by atoms with Gasteiger partial charge in [-0.1, -0.05) is 24.6 Å². The molecular formula is C15H17BrClNS. The Labute approximate surface area is 132 Å². The lowest BCUT2D eigenvalue weighted by atomic mass is 9.95. The molecule has 19 heavy (non-hydrogen) atoms. The molecule has 1 N–H and O–H groups in total. The van der Waals surface area contributed by atoms with Crippen molar-refractivity contribution in [1.82, 2.24) is 5.32 Å². The zero-order valence-corrected chi connectivity index (χ0v) is 14.4. The maximum Gasteiger partial charge on any atom is 0.0701 e. The molecule has 0 aliphatic carbocycles.